The van der Waals surface area contributed by atoms with E-state index < -0.39 is 5.54 Å². The summed E-state index contributed by atoms with van der Waals surface area (Å²) in [5.41, 5.74) is -0.565. The molecule has 0 bridgehead atoms. The van der Waals surface area contributed by atoms with Gasteiger partial charge in [0.1, 0.15) is 5.84 Å². The molecule has 2 rings (SSSR count). The molecule has 2 heterocycles. The van der Waals surface area contributed by atoms with Crippen LogP contribution in [0, 0.1) is 0 Å². The first-order chi connectivity index (χ1) is 6.27. The number of amides is 1. The summed E-state index contributed by atoms with van der Waals surface area (Å²) in [7, 11) is 0. The molecule has 2 aliphatic rings. The number of hydrogen-bond donors (Lipinski definition) is 1. The molecule has 1 fully saturated rings. The first kappa shape index (κ1) is 11.5. The van der Waals surface area contributed by atoms with Crippen molar-refractivity contribution in [3.63, 3.8) is 0 Å². The van der Waals surface area contributed by atoms with Crippen LogP contribution in [0.4, 0.5) is 0 Å². The van der Waals surface area contributed by atoms with Gasteiger partial charge in [-0.25, -0.2) is 0 Å². The average molecular weight is 219 g/mol. The molecule has 4 nitrogen and oxygen atoms in total. The molecule has 0 aliphatic carbocycles. The van der Waals surface area contributed by atoms with Crippen molar-refractivity contribution in [2.24, 2.45) is 4.99 Å². The van der Waals surface area contributed by atoms with E-state index in [1.807, 2.05) is 0 Å². The first-order valence-corrected chi connectivity index (χ1v) is 4.75. The normalized spacial score (nSPS) is 30.1. The first-order valence-electron chi connectivity index (χ1n) is 4.75. The van der Waals surface area contributed by atoms with Gasteiger partial charge in [0, 0.05) is 19.4 Å². The van der Waals surface area contributed by atoms with Gasteiger partial charge in [0.15, 0.2) is 5.54 Å². The van der Waals surface area contributed by atoms with Gasteiger partial charge < -0.3 is 10.1 Å². The van der Waals surface area contributed by atoms with Crippen LogP contribution in [-0.4, -0.2) is 30.5 Å². The van der Waals surface area contributed by atoms with Crippen LogP contribution >= 0.6 is 12.4 Å². The minimum absolute atomic E-state index is 0. The lowest BCUT2D eigenvalue weighted by Crippen LogP contribution is -2.39. The van der Waals surface area contributed by atoms with Crippen molar-refractivity contribution in [3.05, 3.63) is 0 Å². The second-order valence-electron chi connectivity index (χ2n) is 3.60. The van der Waals surface area contributed by atoms with Crippen molar-refractivity contribution in [1.29, 1.82) is 0 Å². The van der Waals surface area contributed by atoms with Crippen molar-refractivity contribution in [3.8, 4) is 0 Å². The highest BCUT2D eigenvalue weighted by Crippen LogP contribution is 2.27. The van der Waals surface area contributed by atoms with E-state index in [1.165, 1.54) is 0 Å². The zero-order chi connectivity index (χ0) is 9.31. The number of carbonyl (C=O) groups is 1. The highest BCUT2D eigenvalue weighted by molar-refractivity contribution is 6.08. The van der Waals surface area contributed by atoms with Gasteiger partial charge in [0.25, 0.3) is 5.91 Å². The Labute approximate surface area is 89.5 Å². The maximum absolute atomic E-state index is 11.6. The lowest BCUT2D eigenvalue weighted by molar-refractivity contribution is -0.123. The van der Waals surface area contributed by atoms with Crippen LogP contribution in [0.2, 0.25) is 0 Å². The molecular formula is C9H15ClN2O2. The fraction of sp³-hybridized carbons (Fsp3) is 0.778. The highest BCUT2D eigenvalue weighted by Gasteiger charge is 2.46. The fourth-order valence-corrected chi connectivity index (χ4v) is 1.76. The summed E-state index contributed by atoms with van der Waals surface area (Å²) in [6, 6.07) is 0. The SMILES string of the molecule is CCCC1=NC2(CCOC2)C(=O)N1.Cl. The minimum Gasteiger partial charge on any atom is -0.378 e. The molecule has 1 saturated heterocycles. The summed E-state index contributed by atoms with van der Waals surface area (Å²) in [6.07, 6.45) is 2.59. The molecule has 1 unspecified atom stereocenters. The third kappa shape index (κ3) is 1.77. The van der Waals surface area contributed by atoms with Gasteiger partial charge in [-0.15, -0.1) is 12.4 Å². The van der Waals surface area contributed by atoms with E-state index >= 15 is 0 Å². The van der Waals surface area contributed by atoms with Gasteiger partial charge in [0.05, 0.1) is 6.61 Å². The Hall–Kier alpha value is -0.610. The molecule has 14 heavy (non-hydrogen) atoms. The second kappa shape index (κ2) is 4.28. The van der Waals surface area contributed by atoms with Gasteiger partial charge in [-0.3, -0.25) is 9.79 Å². The number of ether oxygens (including phenoxy) is 1. The van der Waals surface area contributed by atoms with Crippen molar-refractivity contribution in [2.45, 2.75) is 31.7 Å². The van der Waals surface area contributed by atoms with Crippen molar-refractivity contribution in [2.75, 3.05) is 13.2 Å². The Morgan fingerprint density at radius 1 is 1.64 bits per heavy atom. The van der Waals surface area contributed by atoms with Crippen molar-refractivity contribution in [1.82, 2.24) is 5.32 Å². The van der Waals surface area contributed by atoms with Gasteiger partial charge in [-0.05, 0) is 6.42 Å². The van der Waals surface area contributed by atoms with Crippen LogP contribution in [0.1, 0.15) is 26.2 Å². The molecule has 0 saturated carbocycles. The molecule has 0 aromatic heterocycles. The van der Waals surface area contributed by atoms with Crippen LogP contribution in [0.15, 0.2) is 4.99 Å². The summed E-state index contributed by atoms with van der Waals surface area (Å²) in [6.45, 7) is 3.17. The lowest BCUT2D eigenvalue weighted by atomic mass is 10.0. The zero-order valence-electron chi connectivity index (χ0n) is 8.21. The van der Waals surface area contributed by atoms with Crippen LogP contribution in [-0.2, 0) is 9.53 Å². The molecule has 1 N–H and O–H groups in total. The minimum atomic E-state index is -0.565. The van der Waals surface area contributed by atoms with E-state index in [1.54, 1.807) is 0 Å². The summed E-state index contributed by atoms with van der Waals surface area (Å²) in [5, 5.41) is 2.82. The maximum Gasteiger partial charge on any atom is 0.255 e. The molecule has 1 atom stereocenters. The predicted molar refractivity (Wildman–Crippen MR) is 55.9 cm³/mol. The predicted octanol–water partition coefficient (Wildman–Crippen LogP) is 0.896. The monoisotopic (exact) mass is 218 g/mol. The number of hydrogen-bond acceptors (Lipinski definition) is 3. The summed E-state index contributed by atoms with van der Waals surface area (Å²) >= 11 is 0. The molecule has 2 aliphatic heterocycles. The molecule has 0 aromatic carbocycles. The van der Waals surface area contributed by atoms with E-state index in [0.29, 0.717) is 13.2 Å². The standard InChI is InChI=1S/C9H14N2O2.ClH/c1-2-3-7-10-8(12)9(11-7)4-5-13-6-9;/h2-6H2,1H3,(H,10,11,12);1H. The molecule has 80 valence electrons. The Balaban J connectivity index is 0.000000980. The van der Waals surface area contributed by atoms with Gasteiger partial charge in [-0.2, -0.15) is 0 Å². The third-order valence-corrected chi connectivity index (χ3v) is 2.52. The summed E-state index contributed by atoms with van der Waals surface area (Å²) in [5.74, 6) is 0.853. The largest absolute Gasteiger partial charge is 0.378 e. The van der Waals surface area contributed by atoms with Crippen LogP contribution in [0.25, 0.3) is 0 Å². The molecule has 0 aromatic rings. The summed E-state index contributed by atoms with van der Waals surface area (Å²) in [4.78, 5) is 16.0. The van der Waals surface area contributed by atoms with E-state index in [2.05, 4.69) is 17.2 Å². The number of aliphatic imine (C=N–C) groups is 1. The number of nitrogens with zero attached hydrogens (tertiary/aromatic N) is 1. The quantitative estimate of drug-likeness (QED) is 0.749. The number of nitrogens with one attached hydrogen (secondary N) is 1. The van der Waals surface area contributed by atoms with Crippen molar-refractivity contribution < 1.29 is 9.53 Å². The molecule has 5 heteroatoms. The lowest BCUT2D eigenvalue weighted by Gasteiger charge is -2.12. The van der Waals surface area contributed by atoms with Crippen LogP contribution in [0.5, 0.6) is 0 Å². The summed E-state index contributed by atoms with van der Waals surface area (Å²) < 4.78 is 5.21. The van der Waals surface area contributed by atoms with Gasteiger partial charge in [0.2, 0.25) is 0 Å². The zero-order valence-corrected chi connectivity index (χ0v) is 9.02. The fourth-order valence-electron chi connectivity index (χ4n) is 1.76. The van der Waals surface area contributed by atoms with E-state index in [-0.39, 0.29) is 18.3 Å². The molecule has 1 amide bonds. The Kier molecular flexibility index (Phi) is 3.50. The van der Waals surface area contributed by atoms with Crippen LogP contribution < -0.4 is 5.32 Å². The van der Waals surface area contributed by atoms with Gasteiger partial charge >= 0.3 is 0 Å². The molecular weight excluding hydrogens is 204 g/mol. The smallest absolute Gasteiger partial charge is 0.255 e. The van der Waals surface area contributed by atoms with Gasteiger partial charge in [-0.1, -0.05) is 6.92 Å². The number of carbonyl (C=O) groups excluding carboxylic acids is 1. The van der Waals surface area contributed by atoms with E-state index in [0.717, 1.165) is 25.1 Å². The number of amidine groups is 1. The average Bonchev–Trinajstić information content (AvgIpc) is 2.64. The van der Waals surface area contributed by atoms with E-state index in [9.17, 15) is 4.79 Å². The number of rotatable bonds is 2. The molecule has 0 radical (unpaired) electrons. The Morgan fingerprint density at radius 3 is 3.00 bits per heavy atom. The Bertz CT molecular complexity index is 260. The molecule has 1 spiro atoms. The highest BCUT2D eigenvalue weighted by atomic mass is 35.5. The second-order valence-corrected chi connectivity index (χ2v) is 3.60. The number of halogens is 1. The third-order valence-electron chi connectivity index (χ3n) is 2.52. The topological polar surface area (TPSA) is 50.7 Å². The van der Waals surface area contributed by atoms with Crippen LogP contribution in [0.3, 0.4) is 0 Å². The van der Waals surface area contributed by atoms with Crippen molar-refractivity contribution >= 4 is 24.1 Å². The maximum atomic E-state index is 11.6. The Morgan fingerprint density at radius 2 is 2.43 bits per heavy atom. The van der Waals surface area contributed by atoms with E-state index in [4.69, 9.17) is 4.74 Å².